The van der Waals surface area contributed by atoms with Crippen LogP contribution in [0.5, 0.6) is 0 Å². The van der Waals surface area contributed by atoms with Gasteiger partial charge >= 0.3 is 0 Å². The van der Waals surface area contributed by atoms with Crippen LogP contribution >= 0.6 is 11.6 Å². The van der Waals surface area contributed by atoms with E-state index >= 15 is 0 Å². The van der Waals surface area contributed by atoms with Gasteiger partial charge in [0.2, 0.25) is 0 Å². The molecule has 0 heterocycles. The Bertz CT molecular complexity index is 576. The van der Waals surface area contributed by atoms with Gasteiger partial charge < -0.3 is 11.1 Å². The van der Waals surface area contributed by atoms with Crippen molar-refractivity contribution >= 4 is 17.3 Å². The lowest BCUT2D eigenvalue weighted by Gasteiger charge is -2.19. The van der Waals surface area contributed by atoms with Gasteiger partial charge in [0.1, 0.15) is 0 Å². The summed E-state index contributed by atoms with van der Waals surface area (Å²) < 4.78 is 0. The van der Waals surface area contributed by atoms with E-state index in [-0.39, 0.29) is 6.04 Å². The van der Waals surface area contributed by atoms with Crippen LogP contribution in [-0.2, 0) is 0 Å². The van der Waals surface area contributed by atoms with Gasteiger partial charge in [-0.3, -0.25) is 0 Å². The average Bonchev–Trinajstić information content (AvgIpc) is 3.30. The zero-order chi connectivity index (χ0) is 13.9. The molecule has 3 rings (SSSR count). The van der Waals surface area contributed by atoms with E-state index in [0.29, 0.717) is 6.54 Å². The third kappa shape index (κ3) is 3.14. The fourth-order valence-electron chi connectivity index (χ4n) is 2.47. The van der Waals surface area contributed by atoms with E-state index in [4.69, 9.17) is 17.3 Å². The second-order valence-electron chi connectivity index (χ2n) is 5.38. The SMILES string of the molecule is NCC(Nc1cccc(Cl)c1)c1ccc(C2CC2)cc1. The predicted molar refractivity (Wildman–Crippen MR) is 85.3 cm³/mol. The maximum Gasteiger partial charge on any atom is 0.0636 e. The quantitative estimate of drug-likeness (QED) is 0.858. The first-order chi connectivity index (χ1) is 9.76. The summed E-state index contributed by atoms with van der Waals surface area (Å²) in [5, 5.41) is 4.17. The van der Waals surface area contributed by atoms with Crippen molar-refractivity contribution in [3.8, 4) is 0 Å². The minimum Gasteiger partial charge on any atom is -0.377 e. The van der Waals surface area contributed by atoms with Crippen molar-refractivity contribution in [2.24, 2.45) is 5.73 Å². The zero-order valence-corrected chi connectivity index (χ0v) is 12.1. The molecule has 0 saturated heterocycles. The molecule has 2 aromatic carbocycles. The summed E-state index contributed by atoms with van der Waals surface area (Å²) in [6.45, 7) is 0.551. The van der Waals surface area contributed by atoms with Crippen LogP contribution in [0.2, 0.25) is 5.02 Å². The van der Waals surface area contributed by atoms with Gasteiger partial charge in [-0.05, 0) is 48.1 Å². The molecule has 20 heavy (non-hydrogen) atoms. The highest BCUT2D eigenvalue weighted by atomic mass is 35.5. The minimum absolute atomic E-state index is 0.113. The minimum atomic E-state index is 0.113. The molecule has 0 radical (unpaired) electrons. The first-order valence-electron chi connectivity index (χ1n) is 7.08. The summed E-state index contributed by atoms with van der Waals surface area (Å²) in [7, 11) is 0. The van der Waals surface area contributed by atoms with E-state index in [1.807, 2.05) is 24.3 Å². The third-order valence-corrected chi connectivity index (χ3v) is 4.02. The number of benzene rings is 2. The van der Waals surface area contributed by atoms with E-state index in [2.05, 4.69) is 29.6 Å². The first-order valence-corrected chi connectivity index (χ1v) is 7.46. The molecule has 0 amide bonds. The molecule has 1 fully saturated rings. The molecule has 1 unspecified atom stereocenters. The smallest absolute Gasteiger partial charge is 0.0636 e. The normalized spacial score (nSPS) is 15.9. The molecule has 1 aliphatic rings. The molecular formula is C17H19ClN2. The van der Waals surface area contributed by atoms with Crippen molar-refractivity contribution in [1.82, 2.24) is 0 Å². The maximum atomic E-state index is 6.01. The highest BCUT2D eigenvalue weighted by Crippen LogP contribution is 2.40. The zero-order valence-electron chi connectivity index (χ0n) is 11.4. The van der Waals surface area contributed by atoms with Crippen molar-refractivity contribution < 1.29 is 0 Å². The van der Waals surface area contributed by atoms with E-state index < -0.39 is 0 Å². The van der Waals surface area contributed by atoms with E-state index in [0.717, 1.165) is 16.6 Å². The summed E-state index contributed by atoms with van der Waals surface area (Å²) in [5.41, 5.74) is 9.58. The molecule has 3 heteroatoms. The third-order valence-electron chi connectivity index (χ3n) is 3.79. The van der Waals surface area contributed by atoms with Crippen LogP contribution in [0, 0.1) is 0 Å². The molecule has 0 spiro atoms. The summed E-state index contributed by atoms with van der Waals surface area (Å²) in [6.07, 6.45) is 2.67. The number of hydrogen-bond donors (Lipinski definition) is 2. The van der Waals surface area contributed by atoms with Crippen molar-refractivity contribution in [3.05, 3.63) is 64.7 Å². The van der Waals surface area contributed by atoms with Crippen molar-refractivity contribution in [2.75, 3.05) is 11.9 Å². The van der Waals surface area contributed by atoms with Crippen LogP contribution in [0.25, 0.3) is 0 Å². The number of nitrogens with two attached hydrogens (primary N) is 1. The van der Waals surface area contributed by atoms with Gasteiger partial charge in [0.05, 0.1) is 6.04 Å². The summed E-state index contributed by atoms with van der Waals surface area (Å²) >= 11 is 6.01. The summed E-state index contributed by atoms with van der Waals surface area (Å²) in [4.78, 5) is 0. The Morgan fingerprint density at radius 3 is 2.50 bits per heavy atom. The average molecular weight is 287 g/mol. The van der Waals surface area contributed by atoms with E-state index in [9.17, 15) is 0 Å². The fraction of sp³-hybridized carbons (Fsp3) is 0.294. The second-order valence-corrected chi connectivity index (χ2v) is 5.82. The lowest BCUT2D eigenvalue weighted by molar-refractivity contribution is 0.789. The highest BCUT2D eigenvalue weighted by Gasteiger charge is 2.23. The van der Waals surface area contributed by atoms with Crippen LogP contribution in [-0.4, -0.2) is 6.54 Å². The molecule has 104 valence electrons. The lowest BCUT2D eigenvalue weighted by Crippen LogP contribution is -2.20. The van der Waals surface area contributed by atoms with E-state index in [1.54, 1.807) is 0 Å². The van der Waals surface area contributed by atoms with Crippen molar-refractivity contribution in [2.45, 2.75) is 24.8 Å². The topological polar surface area (TPSA) is 38.0 Å². The Kier molecular flexibility index (Phi) is 3.95. The monoisotopic (exact) mass is 286 g/mol. The summed E-state index contributed by atoms with van der Waals surface area (Å²) in [5.74, 6) is 0.793. The van der Waals surface area contributed by atoms with Crippen LogP contribution in [0.15, 0.2) is 48.5 Å². The standard InChI is InChI=1S/C17H19ClN2/c18-15-2-1-3-16(10-15)20-17(11-19)14-8-6-13(7-9-14)12-4-5-12/h1-3,6-10,12,17,20H,4-5,11,19H2. The Labute approximate surface area is 125 Å². The number of halogens is 1. The molecule has 1 saturated carbocycles. The lowest BCUT2D eigenvalue weighted by atomic mass is 10.0. The van der Waals surface area contributed by atoms with Crippen LogP contribution in [0.1, 0.15) is 35.9 Å². The Morgan fingerprint density at radius 1 is 1.15 bits per heavy atom. The van der Waals surface area contributed by atoms with Gasteiger partial charge in [0.25, 0.3) is 0 Å². The number of nitrogens with one attached hydrogen (secondary N) is 1. The highest BCUT2D eigenvalue weighted by molar-refractivity contribution is 6.30. The molecule has 1 atom stereocenters. The van der Waals surface area contributed by atoms with Gasteiger partial charge in [-0.15, -0.1) is 0 Å². The molecule has 2 aromatic rings. The van der Waals surface area contributed by atoms with Crippen LogP contribution in [0.4, 0.5) is 5.69 Å². The number of rotatable bonds is 5. The van der Waals surface area contributed by atoms with Gasteiger partial charge in [-0.25, -0.2) is 0 Å². The molecule has 1 aliphatic carbocycles. The molecule has 0 aliphatic heterocycles. The number of anilines is 1. The number of hydrogen-bond acceptors (Lipinski definition) is 2. The largest absolute Gasteiger partial charge is 0.377 e. The molecular weight excluding hydrogens is 268 g/mol. The molecule has 2 nitrogen and oxygen atoms in total. The Hall–Kier alpha value is -1.51. The predicted octanol–water partition coefficient (Wildman–Crippen LogP) is 4.33. The summed E-state index contributed by atoms with van der Waals surface area (Å²) in [6, 6.07) is 16.7. The van der Waals surface area contributed by atoms with Crippen LogP contribution in [0.3, 0.4) is 0 Å². The van der Waals surface area contributed by atoms with Gasteiger partial charge in [0.15, 0.2) is 0 Å². The molecule has 0 aromatic heterocycles. The van der Waals surface area contributed by atoms with Crippen molar-refractivity contribution in [3.63, 3.8) is 0 Å². The maximum absolute atomic E-state index is 6.01. The van der Waals surface area contributed by atoms with Gasteiger partial charge in [-0.2, -0.15) is 0 Å². The molecule has 0 bridgehead atoms. The Morgan fingerprint density at radius 2 is 1.90 bits per heavy atom. The molecule has 3 N–H and O–H groups in total. The van der Waals surface area contributed by atoms with Gasteiger partial charge in [-0.1, -0.05) is 41.9 Å². The first kappa shape index (κ1) is 13.5. The van der Waals surface area contributed by atoms with Crippen LogP contribution < -0.4 is 11.1 Å². The van der Waals surface area contributed by atoms with Gasteiger partial charge in [0, 0.05) is 17.3 Å². The second kappa shape index (κ2) is 5.86. The van der Waals surface area contributed by atoms with E-state index in [1.165, 1.54) is 24.0 Å². The Balaban J connectivity index is 1.75. The van der Waals surface area contributed by atoms with Crippen molar-refractivity contribution in [1.29, 1.82) is 0 Å². The fourth-order valence-corrected chi connectivity index (χ4v) is 2.67.